The summed E-state index contributed by atoms with van der Waals surface area (Å²) < 4.78 is 5.04. The van der Waals surface area contributed by atoms with Crippen molar-refractivity contribution in [3.05, 3.63) is 0 Å². The number of hydrogen-bond acceptors (Lipinski definition) is 3. The van der Waals surface area contributed by atoms with Gasteiger partial charge >= 0.3 is 5.97 Å². The smallest absolute Gasteiger partial charge is 0.308 e. The van der Waals surface area contributed by atoms with E-state index in [0.29, 0.717) is 19.3 Å². The summed E-state index contributed by atoms with van der Waals surface area (Å²) >= 11 is 0. The van der Waals surface area contributed by atoms with Crippen LogP contribution in [-0.2, 0) is 9.53 Å². The Morgan fingerprint density at radius 1 is 1.38 bits per heavy atom. The van der Waals surface area contributed by atoms with Gasteiger partial charge in [-0.1, -0.05) is 13.3 Å². The number of aliphatic hydroxyl groups is 1. The molecule has 0 amide bonds. The van der Waals surface area contributed by atoms with E-state index in [1.165, 1.54) is 0 Å². The van der Waals surface area contributed by atoms with Gasteiger partial charge in [-0.3, -0.25) is 4.79 Å². The highest BCUT2D eigenvalue weighted by Gasteiger charge is 2.32. The van der Waals surface area contributed by atoms with Crippen molar-refractivity contribution in [1.82, 2.24) is 0 Å². The molecule has 1 saturated carbocycles. The Morgan fingerprint density at radius 3 is 2.54 bits per heavy atom. The summed E-state index contributed by atoms with van der Waals surface area (Å²) in [6.45, 7) is 1.92. The average molecular weight is 186 g/mol. The Bertz CT molecular complexity index is 171. The Morgan fingerprint density at radius 2 is 2.00 bits per heavy atom. The van der Waals surface area contributed by atoms with Crippen molar-refractivity contribution in [2.24, 2.45) is 0 Å². The van der Waals surface area contributed by atoms with E-state index in [4.69, 9.17) is 4.74 Å². The summed E-state index contributed by atoms with van der Waals surface area (Å²) in [6, 6.07) is 0. The van der Waals surface area contributed by atoms with Crippen molar-refractivity contribution in [2.75, 3.05) is 0 Å². The molecule has 0 aliphatic heterocycles. The van der Waals surface area contributed by atoms with Crippen molar-refractivity contribution in [3.63, 3.8) is 0 Å². The van der Waals surface area contributed by atoms with E-state index in [1.807, 2.05) is 6.92 Å². The van der Waals surface area contributed by atoms with Crippen molar-refractivity contribution in [1.29, 1.82) is 0 Å². The van der Waals surface area contributed by atoms with Crippen LogP contribution in [-0.4, -0.2) is 16.9 Å². The van der Waals surface area contributed by atoms with E-state index in [0.717, 1.165) is 25.7 Å². The molecule has 3 nitrogen and oxygen atoms in total. The van der Waals surface area contributed by atoms with Gasteiger partial charge in [-0.05, 0) is 19.3 Å². The molecule has 3 heteroatoms. The summed E-state index contributed by atoms with van der Waals surface area (Å²) in [5.41, 5.74) is 0. The zero-order valence-electron chi connectivity index (χ0n) is 8.21. The first kappa shape index (κ1) is 10.5. The Balaban J connectivity index is 2.36. The monoisotopic (exact) mass is 186 g/mol. The zero-order valence-corrected chi connectivity index (χ0v) is 8.21. The second-order valence-corrected chi connectivity index (χ2v) is 3.73. The molecule has 0 unspecified atom stereocenters. The van der Waals surface area contributed by atoms with Crippen LogP contribution in [0.25, 0.3) is 0 Å². The van der Waals surface area contributed by atoms with E-state index in [-0.39, 0.29) is 5.97 Å². The van der Waals surface area contributed by atoms with Gasteiger partial charge in [0.25, 0.3) is 0 Å². The highest BCUT2D eigenvalue weighted by Crippen LogP contribution is 2.29. The lowest BCUT2D eigenvalue weighted by atomic mass is 9.94. The first-order chi connectivity index (χ1) is 6.16. The lowest BCUT2D eigenvalue weighted by Gasteiger charge is -2.31. The molecule has 13 heavy (non-hydrogen) atoms. The number of carbonyl (C=O) groups excluding carboxylic acids is 1. The molecular formula is C10H18O3. The third-order valence-electron chi connectivity index (χ3n) is 2.39. The van der Waals surface area contributed by atoms with Gasteiger partial charge in [0.1, 0.15) is 0 Å². The standard InChI is InChI=1S/C10H18O3/c1-2-6-9(11)13-10(12)7-4-3-5-8-10/h12H,2-8H2,1H3. The van der Waals surface area contributed by atoms with Crippen LogP contribution in [0.2, 0.25) is 0 Å². The molecule has 0 heterocycles. The summed E-state index contributed by atoms with van der Waals surface area (Å²) in [5, 5.41) is 9.83. The molecule has 1 aliphatic rings. The lowest BCUT2D eigenvalue weighted by molar-refractivity contribution is -0.220. The Kier molecular flexibility index (Phi) is 3.72. The largest absolute Gasteiger partial charge is 0.433 e. The van der Waals surface area contributed by atoms with Gasteiger partial charge in [0.2, 0.25) is 5.79 Å². The molecule has 1 N–H and O–H groups in total. The molecule has 0 atom stereocenters. The van der Waals surface area contributed by atoms with Crippen LogP contribution < -0.4 is 0 Å². The Labute approximate surface area is 79.1 Å². The van der Waals surface area contributed by atoms with Crippen LogP contribution in [0.1, 0.15) is 51.9 Å². The van der Waals surface area contributed by atoms with Crippen LogP contribution in [0.4, 0.5) is 0 Å². The van der Waals surface area contributed by atoms with E-state index in [2.05, 4.69) is 0 Å². The summed E-state index contributed by atoms with van der Waals surface area (Å²) in [4.78, 5) is 11.1. The molecule has 0 aromatic heterocycles. The van der Waals surface area contributed by atoms with Gasteiger partial charge in [0, 0.05) is 19.3 Å². The predicted molar refractivity (Wildman–Crippen MR) is 49.0 cm³/mol. The molecule has 0 radical (unpaired) electrons. The summed E-state index contributed by atoms with van der Waals surface area (Å²) in [5.74, 6) is -1.42. The van der Waals surface area contributed by atoms with Crippen LogP contribution in [0.5, 0.6) is 0 Å². The molecule has 76 valence electrons. The van der Waals surface area contributed by atoms with Crippen molar-refractivity contribution < 1.29 is 14.6 Å². The van der Waals surface area contributed by atoms with Gasteiger partial charge in [0.15, 0.2) is 0 Å². The summed E-state index contributed by atoms with van der Waals surface area (Å²) in [6.07, 6.45) is 5.42. The zero-order chi connectivity index (χ0) is 9.73. The van der Waals surface area contributed by atoms with E-state index >= 15 is 0 Å². The minimum Gasteiger partial charge on any atom is -0.433 e. The maximum absolute atomic E-state index is 11.1. The van der Waals surface area contributed by atoms with Gasteiger partial charge in [-0.2, -0.15) is 0 Å². The molecule has 0 spiro atoms. The predicted octanol–water partition coefficient (Wildman–Crippen LogP) is 1.98. The fourth-order valence-electron chi connectivity index (χ4n) is 1.67. The molecule has 0 aromatic carbocycles. The molecule has 0 bridgehead atoms. The quantitative estimate of drug-likeness (QED) is 0.541. The minimum absolute atomic E-state index is 0.271. The molecule has 1 aliphatic carbocycles. The maximum atomic E-state index is 11.1. The first-order valence-electron chi connectivity index (χ1n) is 5.10. The molecule has 1 rings (SSSR count). The van der Waals surface area contributed by atoms with Crippen molar-refractivity contribution in [2.45, 2.75) is 57.7 Å². The summed E-state index contributed by atoms with van der Waals surface area (Å²) in [7, 11) is 0. The normalized spacial score (nSPS) is 21.1. The van der Waals surface area contributed by atoms with E-state index in [9.17, 15) is 9.90 Å². The minimum atomic E-state index is -1.15. The number of hydrogen-bond donors (Lipinski definition) is 1. The van der Waals surface area contributed by atoms with Gasteiger partial charge in [-0.25, -0.2) is 0 Å². The fourth-order valence-corrected chi connectivity index (χ4v) is 1.67. The highest BCUT2D eigenvalue weighted by atomic mass is 16.7. The van der Waals surface area contributed by atoms with Gasteiger partial charge in [-0.15, -0.1) is 0 Å². The third kappa shape index (κ3) is 3.35. The SMILES string of the molecule is CCCC(=O)OC1(O)CCCCC1. The van der Waals surface area contributed by atoms with Gasteiger partial charge in [0.05, 0.1) is 0 Å². The van der Waals surface area contributed by atoms with Crippen LogP contribution in [0.15, 0.2) is 0 Å². The Hall–Kier alpha value is -0.570. The second kappa shape index (κ2) is 4.61. The molecular weight excluding hydrogens is 168 g/mol. The van der Waals surface area contributed by atoms with Crippen LogP contribution in [0.3, 0.4) is 0 Å². The lowest BCUT2D eigenvalue weighted by Crippen LogP contribution is -2.36. The number of carbonyl (C=O) groups is 1. The van der Waals surface area contributed by atoms with E-state index < -0.39 is 5.79 Å². The third-order valence-corrected chi connectivity index (χ3v) is 2.39. The first-order valence-corrected chi connectivity index (χ1v) is 5.10. The molecule has 1 fully saturated rings. The van der Waals surface area contributed by atoms with Gasteiger partial charge < -0.3 is 9.84 Å². The number of esters is 1. The second-order valence-electron chi connectivity index (χ2n) is 3.73. The van der Waals surface area contributed by atoms with Crippen LogP contribution in [0, 0.1) is 0 Å². The fraction of sp³-hybridized carbons (Fsp3) is 0.900. The number of ether oxygens (including phenoxy) is 1. The van der Waals surface area contributed by atoms with Crippen molar-refractivity contribution in [3.8, 4) is 0 Å². The van der Waals surface area contributed by atoms with Crippen LogP contribution >= 0.6 is 0 Å². The average Bonchev–Trinajstić information content (AvgIpc) is 2.04. The molecule has 0 aromatic rings. The number of rotatable bonds is 3. The topological polar surface area (TPSA) is 46.5 Å². The molecule has 0 saturated heterocycles. The maximum Gasteiger partial charge on any atom is 0.308 e. The highest BCUT2D eigenvalue weighted by molar-refractivity contribution is 5.69. The van der Waals surface area contributed by atoms with E-state index in [1.54, 1.807) is 0 Å². The van der Waals surface area contributed by atoms with Crippen molar-refractivity contribution >= 4 is 5.97 Å².